The highest BCUT2D eigenvalue weighted by molar-refractivity contribution is 5.99. The van der Waals surface area contributed by atoms with Crippen LogP contribution in [0, 0.1) is 0 Å². The van der Waals surface area contributed by atoms with Crippen molar-refractivity contribution in [2.24, 2.45) is 0 Å². The molecule has 4 rings (SSSR count). The van der Waals surface area contributed by atoms with Gasteiger partial charge in [0.15, 0.2) is 5.43 Å². The molecule has 1 N–H and O–H groups in total. The summed E-state index contributed by atoms with van der Waals surface area (Å²) < 4.78 is 11.5. The van der Waals surface area contributed by atoms with E-state index in [4.69, 9.17) is 9.15 Å². The molecule has 6 nitrogen and oxygen atoms in total. The van der Waals surface area contributed by atoms with Crippen molar-refractivity contribution >= 4 is 16.9 Å². The molecule has 3 aromatic rings. The van der Waals surface area contributed by atoms with Crippen LogP contribution in [-0.4, -0.2) is 45.1 Å². The molecule has 1 atom stereocenters. The molecular weight excluding hydrogens is 368 g/mol. The Hall–Kier alpha value is -3.12. The SMILES string of the molecule is COc1ccccc1[C@@H]1c2c(oc3ccccc3c2=O)C(=O)N1CCC[NH+](C)C. The molecule has 1 amide bonds. The molecule has 0 radical (unpaired) electrons. The largest absolute Gasteiger partial charge is 0.496 e. The molecule has 0 saturated carbocycles. The molecule has 2 aromatic carbocycles. The van der Waals surface area contributed by atoms with Gasteiger partial charge < -0.3 is 19.0 Å². The van der Waals surface area contributed by atoms with Gasteiger partial charge in [0.05, 0.1) is 44.7 Å². The highest BCUT2D eigenvalue weighted by Crippen LogP contribution is 2.41. The first kappa shape index (κ1) is 19.2. The topological polar surface area (TPSA) is 64.2 Å². The summed E-state index contributed by atoms with van der Waals surface area (Å²) in [5.74, 6) is 0.545. The van der Waals surface area contributed by atoms with Crippen molar-refractivity contribution in [1.29, 1.82) is 0 Å². The van der Waals surface area contributed by atoms with E-state index in [9.17, 15) is 9.59 Å². The number of quaternary nitrogens is 1. The van der Waals surface area contributed by atoms with Gasteiger partial charge in [-0.05, 0) is 18.2 Å². The number of carbonyl (C=O) groups is 1. The summed E-state index contributed by atoms with van der Waals surface area (Å²) >= 11 is 0. The smallest absolute Gasteiger partial charge is 0.290 e. The summed E-state index contributed by atoms with van der Waals surface area (Å²) in [4.78, 5) is 29.7. The Kier molecular flexibility index (Phi) is 5.11. The molecule has 0 saturated heterocycles. The lowest BCUT2D eigenvalue weighted by atomic mass is 9.97. The lowest BCUT2D eigenvalue weighted by molar-refractivity contribution is -0.858. The maximum Gasteiger partial charge on any atom is 0.290 e. The van der Waals surface area contributed by atoms with E-state index in [0.717, 1.165) is 18.5 Å². The minimum absolute atomic E-state index is 0.141. The molecule has 150 valence electrons. The fraction of sp³-hybridized carbons (Fsp3) is 0.304. The maximum atomic E-state index is 13.4. The number of ether oxygens (including phenoxy) is 1. The van der Waals surface area contributed by atoms with Crippen LogP contribution in [0.1, 0.15) is 34.1 Å². The second kappa shape index (κ2) is 7.72. The molecule has 0 unspecified atom stereocenters. The van der Waals surface area contributed by atoms with E-state index < -0.39 is 6.04 Å². The van der Waals surface area contributed by atoms with Crippen LogP contribution in [0.5, 0.6) is 5.75 Å². The lowest BCUT2D eigenvalue weighted by Gasteiger charge is -2.26. The van der Waals surface area contributed by atoms with Gasteiger partial charge in [0, 0.05) is 18.5 Å². The summed E-state index contributed by atoms with van der Waals surface area (Å²) in [6.45, 7) is 1.45. The van der Waals surface area contributed by atoms with Gasteiger partial charge in [-0.3, -0.25) is 9.59 Å². The zero-order valence-electron chi connectivity index (χ0n) is 16.9. The lowest BCUT2D eigenvalue weighted by Crippen LogP contribution is -3.05. The summed E-state index contributed by atoms with van der Waals surface area (Å²) in [5.41, 5.74) is 1.46. The van der Waals surface area contributed by atoms with E-state index in [2.05, 4.69) is 14.1 Å². The first-order valence-corrected chi connectivity index (χ1v) is 9.81. The molecule has 0 spiro atoms. The third-order valence-electron chi connectivity index (χ3n) is 5.38. The van der Waals surface area contributed by atoms with E-state index in [1.54, 1.807) is 36.3 Å². The van der Waals surface area contributed by atoms with Gasteiger partial charge >= 0.3 is 0 Å². The minimum Gasteiger partial charge on any atom is -0.496 e. The van der Waals surface area contributed by atoms with Crippen LogP contribution in [0.3, 0.4) is 0 Å². The normalized spacial score (nSPS) is 15.9. The fourth-order valence-electron chi connectivity index (χ4n) is 4.02. The van der Waals surface area contributed by atoms with Crippen molar-refractivity contribution in [3.8, 4) is 5.75 Å². The number of benzene rings is 2. The van der Waals surface area contributed by atoms with Gasteiger partial charge in [-0.1, -0.05) is 30.3 Å². The number of rotatable bonds is 6. The predicted molar refractivity (Wildman–Crippen MR) is 111 cm³/mol. The average Bonchev–Trinajstić information content (AvgIpc) is 3.00. The Morgan fingerprint density at radius 1 is 1.07 bits per heavy atom. The molecule has 1 aliphatic rings. The number of carbonyl (C=O) groups excluding carboxylic acids is 1. The second-order valence-corrected chi connectivity index (χ2v) is 7.62. The number of fused-ring (bicyclic) bond motifs is 2. The van der Waals surface area contributed by atoms with Crippen LogP contribution in [0.2, 0.25) is 0 Å². The van der Waals surface area contributed by atoms with E-state index in [1.165, 1.54) is 4.90 Å². The summed E-state index contributed by atoms with van der Waals surface area (Å²) in [6.07, 6.45) is 0.821. The zero-order valence-corrected chi connectivity index (χ0v) is 16.9. The third kappa shape index (κ3) is 3.29. The van der Waals surface area contributed by atoms with Crippen LogP contribution < -0.4 is 15.1 Å². The first-order valence-electron chi connectivity index (χ1n) is 9.81. The van der Waals surface area contributed by atoms with Crippen LogP contribution in [0.25, 0.3) is 11.0 Å². The van der Waals surface area contributed by atoms with Gasteiger partial charge in [-0.15, -0.1) is 0 Å². The van der Waals surface area contributed by atoms with Crippen LogP contribution >= 0.6 is 0 Å². The van der Waals surface area contributed by atoms with E-state index in [0.29, 0.717) is 28.8 Å². The Morgan fingerprint density at radius 2 is 1.79 bits per heavy atom. The zero-order chi connectivity index (χ0) is 20.5. The Bertz CT molecular complexity index is 1120. The average molecular weight is 393 g/mol. The van der Waals surface area contributed by atoms with Crippen molar-refractivity contribution in [2.75, 3.05) is 34.3 Å². The molecular formula is C23H25N2O4+. The molecule has 29 heavy (non-hydrogen) atoms. The number of para-hydroxylation sites is 2. The second-order valence-electron chi connectivity index (χ2n) is 7.62. The summed E-state index contributed by atoms with van der Waals surface area (Å²) in [6, 6.07) is 14.1. The van der Waals surface area contributed by atoms with Crippen LogP contribution in [-0.2, 0) is 0 Å². The van der Waals surface area contributed by atoms with Crippen LogP contribution in [0.4, 0.5) is 0 Å². The number of nitrogens with one attached hydrogen (secondary N) is 1. The number of amides is 1. The van der Waals surface area contributed by atoms with Crippen molar-refractivity contribution in [1.82, 2.24) is 4.90 Å². The Morgan fingerprint density at radius 3 is 2.55 bits per heavy atom. The molecule has 1 aliphatic heterocycles. The minimum atomic E-state index is -0.522. The highest BCUT2D eigenvalue weighted by Gasteiger charge is 2.43. The monoisotopic (exact) mass is 393 g/mol. The summed E-state index contributed by atoms with van der Waals surface area (Å²) in [5, 5.41) is 0.485. The van der Waals surface area contributed by atoms with E-state index >= 15 is 0 Å². The molecule has 0 bridgehead atoms. The number of hydrogen-bond acceptors (Lipinski definition) is 4. The molecule has 0 fully saturated rings. The van der Waals surface area contributed by atoms with E-state index in [-0.39, 0.29) is 17.1 Å². The summed E-state index contributed by atoms with van der Waals surface area (Å²) in [7, 11) is 5.76. The van der Waals surface area contributed by atoms with Gasteiger partial charge in [-0.2, -0.15) is 0 Å². The van der Waals surface area contributed by atoms with Gasteiger partial charge in [0.25, 0.3) is 5.91 Å². The third-order valence-corrected chi connectivity index (χ3v) is 5.38. The number of nitrogens with zero attached hydrogens (tertiary/aromatic N) is 1. The highest BCUT2D eigenvalue weighted by atomic mass is 16.5. The maximum absolute atomic E-state index is 13.4. The van der Waals surface area contributed by atoms with Crippen LogP contribution in [0.15, 0.2) is 57.7 Å². The van der Waals surface area contributed by atoms with Gasteiger partial charge in [0.1, 0.15) is 11.3 Å². The Balaban J connectivity index is 1.90. The quantitative estimate of drug-likeness (QED) is 0.695. The van der Waals surface area contributed by atoms with Crippen molar-refractivity contribution < 1.29 is 18.8 Å². The first-order chi connectivity index (χ1) is 14.0. The standard InChI is InChI=1S/C23H24N2O4/c1-24(2)13-8-14-25-20(15-9-4-6-11-17(15)28-3)19-21(26)16-10-5-7-12-18(16)29-22(19)23(25)27/h4-7,9-12,20H,8,13-14H2,1-3H3/p+1/t20-/m1/s1. The molecule has 0 aliphatic carbocycles. The predicted octanol–water partition coefficient (Wildman–Crippen LogP) is 1.88. The van der Waals surface area contributed by atoms with Gasteiger partial charge in [0.2, 0.25) is 5.76 Å². The van der Waals surface area contributed by atoms with Gasteiger partial charge in [-0.25, -0.2) is 0 Å². The Labute approximate surface area is 169 Å². The van der Waals surface area contributed by atoms with Crippen molar-refractivity contribution in [3.63, 3.8) is 0 Å². The number of methoxy groups -OCH3 is 1. The fourth-order valence-corrected chi connectivity index (χ4v) is 4.02. The molecule has 6 heteroatoms. The molecule has 2 heterocycles. The molecule has 1 aromatic heterocycles. The van der Waals surface area contributed by atoms with Crippen molar-refractivity contribution in [3.05, 3.63) is 75.6 Å². The number of hydrogen-bond donors (Lipinski definition) is 1. The van der Waals surface area contributed by atoms with E-state index in [1.807, 2.05) is 24.3 Å². The van der Waals surface area contributed by atoms with Crippen molar-refractivity contribution in [2.45, 2.75) is 12.5 Å².